The largest absolute Gasteiger partial charge is 0.383 e. The van der Waals surface area contributed by atoms with Gasteiger partial charge in [-0.2, -0.15) is 0 Å². The molecule has 140 valence electrons. The minimum atomic E-state index is -0.296. The van der Waals surface area contributed by atoms with Crippen LogP contribution in [0.25, 0.3) is 10.9 Å². The fourth-order valence-electron chi connectivity index (χ4n) is 2.56. The fraction of sp³-hybridized carbons (Fsp3) is 0.158. The maximum atomic E-state index is 12.5. The summed E-state index contributed by atoms with van der Waals surface area (Å²) in [6.45, 7) is 0.805. The third kappa shape index (κ3) is 4.68. The number of nitrogens with one attached hydrogen (secondary N) is 3. The van der Waals surface area contributed by atoms with Crippen LogP contribution in [-0.2, 0) is 4.74 Å². The van der Waals surface area contributed by atoms with E-state index in [1.807, 2.05) is 18.2 Å². The number of ether oxygens (including phenoxy) is 1. The number of hydrogen-bond acceptors (Lipinski definition) is 3. The summed E-state index contributed by atoms with van der Waals surface area (Å²) in [6.07, 6.45) is 0. The summed E-state index contributed by atoms with van der Waals surface area (Å²) < 4.78 is 5.82. The minimum absolute atomic E-state index is 0.253. The van der Waals surface area contributed by atoms with Gasteiger partial charge in [-0.1, -0.05) is 33.6 Å². The number of benzene rings is 2. The van der Waals surface area contributed by atoms with Crippen LogP contribution in [0.3, 0.4) is 0 Å². The molecular weight excluding hydrogens is 434 g/mol. The lowest BCUT2D eigenvalue weighted by molar-refractivity contribution is 0.0936. The van der Waals surface area contributed by atoms with Crippen LogP contribution < -0.4 is 10.6 Å². The van der Waals surface area contributed by atoms with Gasteiger partial charge in [0.2, 0.25) is 0 Å². The van der Waals surface area contributed by atoms with Gasteiger partial charge in [0, 0.05) is 34.7 Å². The number of rotatable bonds is 6. The summed E-state index contributed by atoms with van der Waals surface area (Å²) in [7, 11) is 1.56. The van der Waals surface area contributed by atoms with E-state index in [1.54, 1.807) is 31.4 Å². The van der Waals surface area contributed by atoms with Gasteiger partial charge in [-0.25, -0.2) is 0 Å². The van der Waals surface area contributed by atoms with Crippen LogP contribution in [0.1, 0.15) is 20.8 Å². The van der Waals surface area contributed by atoms with Crippen LogP contribution in [0.15, 0.2) is 46.9 Å². The van der Waals surface area contributed by atoms with Crippen molar-refractivity contribution < 1.29 is 14.3 Å². The highest BCUT2D eigenvalue weighted by atomic mass is 79.9. The van der Waals surface area contributed by atoms with Gasteiger partial charge in [0.25, 0.3) is 11.8 Å². The summed E-state index contributed by atoms with van der Waals surface area (Å²) >= 11 is 9.60. The summed E-state index contributed by atoms with van der Waals surface area (Å²) in [6, 6.07) is 12.3. The molecule has 0 bridgehead atoms. The Hall–Kier alpha value is -2.35. The molecule has 8 heteroatoms. The maximum Gasteiger partial charge on any atom is 0.272 e. The van der Waals surface area contributed by atoms with E-state index in [2.05, 4.69) is 31.5 Å². The summed E-state index contributed by atoms with van der Waals surface area (Å²) in [4.78, 5) is 27.6. The molecular formula is C19H17BrClN3O3. The first-order valence-corrected chi connectivity index (χ1v) is 9.31. The van der Waals surface area contributed by atoms with E-state index < -0.39 is 0 Å². The quantitative estimate of drug-likeness (QED) is 0.492. The minimum Gasteiger partial charge on any atom is -0.383 e. The number of carbonyl (C=O) groups excluding carboxylic acids is 2. The van der Waals surface area contributed by atoms with Crippen molar-refractivity contribution >= 4 is 55.9 Å². The molecule has 1 aromatic heterocycles. The number of fused-ring (bicyclic) bond motifs is 1. The topological polar surface area (TPSA) is 83.2 Å². The Morgan fingerprint density at radius 2 is 1.96 bits per heavy atom. The molecule has 0 aliphatic carbocycles. The molecule has 0 fully saturated rings. The lowest BCUT2D eigenvalue weighted by Gasteiger charge is -2.09. The first-order chi connectivity index (χ1) is 13.0. The molecule has 3 aromatic rings. The van der Waals surface area contributed by atoms with Crippen molar-refractivity contribution in [3.8, 4) is 0 Å². The van der Waals surface area contributed by atoms with Crippen molar-refractivity contribution in [1.29, 1.82) is 0 Å². The van der Waals surface area contributed by atoms with Crippen molar-refractivity contribution in [2.24, 2.45) is 0 Å². The second kappa shape index (κ2) is 8.56. The molecule has 0 aliphatic heterocycles. The highest BCUT2D eigenvalue weighted by molar-refractivity contribution is 9.10. The molecule has 0 saturated heterocycles. The molecule has 0 aliphatic rings. The molecule has 0 saturated carbocycles. The van der Waals surface area contributed by atoms with Crippen molar-refractivity contribution in [2.75, 3.05) is 25.6 Å². The molecule has 27 heavy (non-hydrogen) atoms. The summed E-state index contributed by atoms with van der Waals surface area (Å²) in [5, 5.41) is 6.66. The normalized spacial score (nSPS) is 10.8. The van der Waals surface area contributed by atoms with E-state index in [-0.39, 0.29) is 16.8 Å². The SMILES string of the molecule is COCCNC(=O)c1ccc(NC(=O)c2cc3ccc(Br)cc3[nH]2)cc1Cl. The number of carbonyl (C=O) groups is 2. The molecule has 0 radical (unpaired) electrons. The zero-order valence-electron chi connectivity index (χ0n) is 14.4. The van der Waals surface area contributed by atoms with Gasteiger partial charge >= 0.3 is 0 Å². The number of H-pyrrole nitrogens is 1. The van der Waals surface area contributed by atoms with E-state index in [9.17, 15) is 9.59 Å². The highest BCUT2D eigenvalue weighted by Gasteiger charge is 2.13. The maximum absolute atomic E-state index is 12.5. The van der Waals surface area contributed by atoms with Gasteiger partial charge in [0.1, 0.15) is 5.69 Å². The van der Waals surface area contributed by atoms with Crippen molar-refractivity contribution in [3.05, 3.63) is 63.2 Å². The molecule has 6 nitrogen and oxygen atoms in total. The van der Waals surface area contributed by atoms with E-state index in [0.29, 0.717) is 30.1 Å². The monoisotopic (exact) mass is 449 g/mol. The van der Waals surface area contributed by atoms with Crippen LogP contribution in [0, 0.1) is 0 Å². The molecule has 2 amide bonds. The molecule has 3 rings (SSSR count). The number of halogens is 2. The van der Waals surface area contributed by atoms with E-state index in [4.69, 9.17) is 16.3 Å². The van der Waals surface area contributed by atoms with Gasteiger partial charge in [-0.05, 0) is 36.4 Å². The lowest BCUT2D eigenvalue weighted by atomic mass is 10.2. The third-order valence-electron chi connectivity index (χ3n) is 3.89. The Balaban J connectivity index is 1.72. The first-order valence-electron chi connectivity index (χ1n) is 8.14. The van der Waals surface area contributed by atoms with Crippen LogP contribution in [0.2, 0.25) is 5.02 Å². The van der Waals surface area contributed by atoms with Crippen molar-refractivity contribution in [3.63, 3.8) is 0 Å². The number of methoxy groups -OCH3 is 1. The average Bonchev–Trinajstić information content (AvgIpc) is 3.05. The van der Waals surface area contributed by atoms with Gasteiger partial charge in [-0.3, -0.25) is 9.59 Å². The van der Waals surface area contributed by atoms with E-state index >= 15 is 0 Å². The second-order valence-corrected chi connectivity index (χ2v) is 7.13. The van der Waals surface area contributed by atoms with Gasteiger partial charge in [0.05, 0.1) is 17.2 Å². The van der Waals surface area contributed by atoms with Crippen molar-refractivity contribution in [2.45, 2.75) is 0 Å². The summed E-state index contributed by atoms with van der Waals surface area (Å²) in [5.74, 6) is -0.591. The Labute approximate surface area is 169 Å². The standard InChI is InChI=1S/C19H17BrClN3O3/c1-27-7-6-22-18(25)14-5-4-13(10-15(14)21)23-19(26)17-8-11-2-3-12(20)9-16(11)24-17/h2-5,8-10,24H,6-7H2,1H3,(H,22,25)(H,23,26). The molecule has 0 unspecified atom stereocenters. The Morgan fingerprint density at radius 1 is 1.15 bits per heavy atom. The number of aromatic nitrogens is 1. The molecule has 0 spiro atoms. The van der Waals surface area contributed by atoms with Crippen LogP contribution in [-0.4, -0.2) is 37.1 Å². The highest BCUT2D eigenvalue weighted by Crippen LogP contribution is 2.23. The van der Waals surface area contributed by atoms with Gasteiger partial charge in [0.15, 0.2) is 0 Å². The number of aromatic amines is 1. The first kappa shape index (κ1) is 19.4. The molecule has 0 atom stereocenters. The predicted molar refractivity (Wildman–Crippen MR) is 110 cm³/mol. The molecule has 3 N–H and O–H groups in total. The number of hydrogen-bond donors (Lipinski definition) is 3. The Bertz CT molecular complexity index is 1000. The van der Waals surface area contributed by atoms with Crippen LogP contribution >= 0.6 is 27.5 Å². The van der Waals surface area contributed by atoms with Crippen molar-refractivity contribution in [1.82, 2.24) is 10.3 Å². The van der Waals surface area contributed by atoms with Gasteiger partial charge in [-0.15, -0.1) is 0 Å². The predicted octanol–water partition coefficient (Wildman–Crippen LogP) is 4.21. The third-order valence-corrected chi connectivity index (χ3v) is 4.70. The Morgan fingerprint density at radius 3 is 2.70 bits per heavy atom. The molecule has 2 aromatic carbocycles. The Kier molecular flexibility index (Phi) is 6.15. The van der Waals surface area contributed by atoms with E-state index in [0.717, 1.165) is 15.4 Å². The number of anilines is 1. The fourth-order valence-corrected chi connectivity index (χ4v) is 3.19. The second-order valence-electron chi connectivity index (χ2n) is 5.81. The van der Waals surface area contributed by atoms with Crippen LogP contribution in [0.5, 0.6) is 0 Å². The zero-order chi connectivity index (χ0) is 19.4. The number of amides is 2. The molecule has 1 heterocycles. The average molecular weight is 451 g/mol. The summed E-state index contributed by atoms with van der Waals surface area (Å²) in [5.41, 5.74) is 2.12. The van der Waals surface area contributed by atoms with E-state index in [1.165, 1.54) is 0 Å². The smallest absolute Gasteiger partial charge is 0.272 e. The van der Waals surface area contributed by atoms with Crippen LogP contribution in [0.4, 0.5) is 5.69 Å². The lowest BCUT2D eigenvalue weighted by Crippen LogP contribution is -2.27. The zero-order valence-corrected chi connectivity index (χ0v) is 16.8. The van der Waals surface area contributed by atoms with Gasteiger partial charge < -0.3 is 20.4 Å².